The second-order valence-electron chi connectivity index (χ2n) is 4.58. The summed E-state index contributed by atoms with van der Waals surface area (Å²) >= 11 is 1.84. The molecule has 0 aliphatic rings. The average Bonchev–Trinajstić information content (AvgIpc) is 2.76. The maximum atomic E-state index is 5.57. The van der Waals surface area contributed by atoms with Gasteiger partial charge in [-0.25, -0.2) is 0 Å². The summed E-state index contributed by atoms with van der Waals surface area (Å²) in [5.74, 6) is 2.18. The number of rotatable bonds is 5. The molecular weight excluding hydrogens is 242 g/mol. The minimum absolute atomic E-state index is 0.585. The van der Waals surface area contributed by atoms with Crippen molar-refractivity contribution in [1.29, 1.82) is 0 Å². The molecule has 96 valence electrons. The van der Waals surface area contributed by atoms with Crippen molar-refractivity contribution in [2.75, 3.05) is 11.5 Å². The van der Waals surface area contributed by atoms with E-state index in [0.29, 0.717) is 11.7 Å². The maximum Gasteiger partial charge on any atom is 0.145 e. The first kappa shape index (κ1) is 13.0. The Morgan fingerprint density at radius 2 is 1.94 bits per heavy atom. The van der Waals surface area contributed by atoms with Crippen LogP contribution in [0.15, 0.2) is 41.4 Å². The molecule has 1 aromatic heterocycles. The number of benzene rings is 1. The van der Waals surface area contributed by atoms with E-state index in [4.69, 9.17) is 5.73 Å². The summed E-state index contributed by atoms with van der Waals surface area (Å²) in [6, 6.07) is 10.6. The second-order valence-corrected chi connectivity index (χ2v) is 5.74. The first-order valence-electron chi connectivity index (χ1n) is 6.17. The van der Waals surface area contributed by atoms with Crippen molar-refractivity contribution in [2.45, 2.75) is 31.2 Å². The third-order valence-electron chi connectivity index (χ3n) is 2.80. The minimum Gasteiger partial charge on any atom is -0.382 e. The van der Waals surface area contributed by atoms with Crippen molar-refractivity contribution in [1.82, 2.24) is 9.78 Å². The molecule has 1 aromatic carbocycles. The zero-order chi connectivity index (χ0) is 13.0. The molecule has 2 rings (SSSR count). The summed E-state index contributed by atoms with van der Waals surface area (Å²) in [6.45, 7) is 5.31. The number of aromatic nitrogens is 2. The summed E-state index contributed by atoms with van der Waals surface area (Å²) in [4.78, 5) is 1.31. The van der Waals surface area contributed by atoms with Crippen molar-refractivity contribution >= 4 is 17.6 Å². The number of anilines is 1. The molecule has 18 heavy (non-hydrogen) atoms. The van der Waals surface area contributed by atoms with Crippen LogP contribution >= 0.6 is 11.8 Å². The number of nitrogens with two attached hydrogens (primary N) is 1. The van der Waals surface area contributed by atoms with E-state index in [-0.39, 0.29) is 0 Å². The van der Waals surface area contributed by atoms with E-state index in [2.05, 4.69) is 43.2 Å². The lowest BCUT2D eigenvalue weighted by Gasteiger charge is -2.06. The quantitative estimate of drug-likeness (QED) is 0.839. The number of hydrogen-bond acceptors (Lipinski definition) is 3. The molecule has 0 fully saturated rings. The van der Waals surface area contributed by atoms with Crippen LogP contribution in [-0.4, -0.2) is 15.5 Å². The molecule has 0 atom stereocenters. The van der Waals surface area contributed by atoms with E-state index >= 15 is 0 Å². The lowest BCUT2D eigenvalue weighted by Crippen LogP contribution is -2.01. The Morgan fingerprint density at radius 1 is 1.22 bits per heavy atom. The Morgan fingerprint density at radius 3 is 2.50 bits per heavy atom. The number of thioether (sulfide) groups is 1. The SMILES string of the molecule is CC(C)c1ccc(SCCn2ccc(N)n2)cc1. The van der Waals surface area contributed by atoms with E-state index in [9.17, 15) is 0 Å². The highest BCUT2D eigenvalue weighted by Gasteiger charge is 2.00. The van der Waals surface area contributed by atoms with Crippen LogP contribution in [0.2, 0.25) is 0 Å². The van der Waals surface area contributed by atoms with Crippen LogP contribution < -0.4 is 5.73 Å². The Balaban J connectivity index is 1.83. The Labute approximate surface area is 112 Å². The fourth-order valence-corrected chi connectivity index (χ4v) is 2.55. The highest BCUT2D eigenvalue weighted by atomic mass is 32.2. The van der Waals surface area contributed by atoms with Crippen LogP contribution in [0.5, 0.6) is 0 Å². The van der Waals surface area contributed by atoms with Crippen molar-refractivity contribution in [2.24, 2.45) is 0 Å². The molecule has 2 N–H and O–H groups in total. The van der Waals surface area contributed by atoms with Crippen molar-refractivity contribution in [3.8, 4) is 0 Å². The van der Waals surface area contributed by atoms with E-state index in [1.165, 1.54) is 10.5 Å². The van der Waals surface area contributed by atoms with Gasteiger partial charge in [-0.3, -0.25) is 4.68 Å². The number of nitrogens with zero attached hydrogens (tertiary/aromatic N) is 2. The molecule has 0 radical (unpaired) electrons. The van der Waals surface area contributed by atoms with Gasteiger partial charge in [-0.05, 0) is 29.7 Å². The van der Waals surface area contributed by atoms with Crippen LogP contribution in [0.1, 0.15) is 25.3 Å². The Bertz CT molecular complexity index is 488. The van der Waals surface area contributed by atoms with Gasteiger partial charge in [-0.1, -0.05) is 26.0 Å². The standard InChI is InChI=1S/C14H19N3S/c1-11(2)12-3-5-13(6-4-12)18-10-9-17-8-7-14(15)16-17/h3-8,11H,9-10H2,1-2H3,(H2,15,16). The third kappa shape index (κ3) is 3.53. The first-order chi connectivity index (χ1) is 8.65. The van der Waals surface area contributed by atoms with Crippen molar-refractivity contribution < 1.29 is 0 Å². The summed E-state index contributed by atoms with van der Waals surface area (Å²) in [5.41, 5.74) is 6.96. The summed E-state index contributed by atoms with van der Waals surface area (Å²) in [7, 11) is 0. The Kier molecular flexibility index (Phi) is 4.31. The van der Waals surface area contributed by atoms with Crippen LogP contribution in [0.25, 0.3) is 0 Å². The third-order valence-corrected chi connectivity index (χ3v) is 3.79. The zero-order valence-corrected chi connectivity index (χ0v) is 11.7. The summed E-state index contributed by atoms with van der Waals surface area (Å²) in [6.07, 6.45) is 1.91. The summed E-state index contributed by atoms with van der Waals surface area (Å²) < 4.78 is 1.88. The molecule has 0 aliphatic heterocycles. The Hall–Kier alpha value is -1.42. The van der Waals surface area contributed by atoms with E-state index in [1.54, 1.807) is 0 Å². The number of aryl methyl sites for hydroxylation is 1. The molecule has 4 heteroatoms. The topological polar surface area (TPSA) is 43.8 Å². The van der Waals surface area contributed by atoms with Gasteiger partial charge in [0.1, 0.15) is 5.82 Å². The fraction of sp³-hybridized carbons (Fsp3) is 0.357. The van der Waals surface area contributed by atoms with Crippen LogP contribution in [0, 0.1) is 0 Å². The smallest absolute Gasteiger partial charge is 0.145 e. The van der Waals surface area contributed by atoms with Crippen LogP contribution in [0.4, 0.5) is 5.82 Å². The van der Waals surface area contributed by atoms with Gasteiger partial charge in [0.2, 0.25) is 0 Å². The molecule has 0 spiro atoms. The van der Waals surface area contributed by atoms with Crippen LogP contribution in [-0.2, 0) is 6.54 Å². The highest BCUT2D eigenvalue weighted by Crippen LogP contribution is 2.21. The van der Waals surface area contributed by atoms with Gasteiger partial charge in [0, 0.05) is 16.8 Å². The van der Waals surface area contributed by atoms with Crippen molar-refractivity contribution in [3.63, 3.8) is 0 Å². The molecule has 0 amide bonds. The lowest BCUT2D eigenvalue weighted by molar-refractivity contribution is 0.669. The van der Waals surface area contributed by atoms with Gasteiger partial charge in [0.05, 0.1) is 6.54 Å². The van der Waals surface area contributed by atoms with E-state index < -0.39 is 0 Å². The molecule has 0 aliphatic carbocycles. The molecule has 2 aromatic rings. The molecule has 0 bridgehead atoms. The maximum absolute atomic E-state index is 5.57. The van der Waals surface area contributed by atoms with E-state index in [1.807, 2.05) is 28.7 Å². The van der Waals surface area contributed by atoms with Crippen molar-refractivity contribution in [3.05, 3.63) is 42.1 Å². The zero-order valence-electron chi connectivity index (χ0n) is 10.8. The molecule has 0 saturated heterocycles. The lowest BCUT2D eigenvalue weighted by atomic mass is 10.0. The second kappa shape index (κ2) is 5.96. The molecular formula is C14H19N3S. The van der Waals surface area contributed by atoms with E-state index in [0.717, 1.165) is 12.3 Å². The van der Waals surface area contributed by atoms with Crippen LogP contribution in [0.3, 0.4) is 0 Å². The molecule has 0 unspecified atom stereocenters. The number of nitrogen functional groups attached to an aromatic ring is 1. The van der Waals surface area contributed by atoms with Gasteiger partial charge >= 0.3 is 0 Å². The highest BCUT2D eigenvalue weighted by molar-refractivity contribution is 7.99. The van der Waals surface area contributed by atoms with Gasteiger partial charge in [0.15, 0.2) is 0 Å². The molecule has 0 saturated carbocycles. The van der Waals surface area contributed by atoms with Gasteiger partial charge in [-0.15, -0.1) is 11.8 Å². The van der Waals surface area contributed by atoms with Gasteiger partial charge < -0.3 is 5.73 Å². The van der Waals surface area contributed by atoms with Gasteiger partial charge in [0.25, 0.3) is 0 Å². The first-order valence-corrected chi connectivity index (χ1v) is 7.15. The fourth-order valence-electron chi connectivity index (χ4n) is 1.71. The average molecular weight is 261 g/mol. The predicted molar refractivity (Wildman–Crippen MR) is 77.9 cm³/mol. The van der Waals surface area contributed by atoms with Gasteiger partial charge in [-0.2, -0.15) is 5.10 Å². The monoisotopic (exact) mass is 261 g/mol. The predicted octanol–water partition coefficient (Wildman–Crippen LogP) is 3.38. The minimum atomic E-state index is 0.585. The number of hydrogen-bond donors (Lipinski definition) is 1. The normalized spacial score (nSPS) is 11.1. The largest absolute Gasteiger partial charge is 0.382 e. The molecule has 1 heterocycles. The molecule has 3 nitrogen and oxygen atoms in total. The summed E-state index contributed by atoms with van der Waals surface area (Å²) in [5, 5.41) is 4.16.